The van der Waals surface area contributed by atoms with Crippen molar-refractivity contribution in [2.24, 2.45) is 5.92 Å². The minimum Gasteiger partial charge on any atom is -0.354 e. The molecule has 1 fully saturated rings. The molecule has 1 N–H and O–H groups in total. The molecule has 0 bridgehead atoms. The van der Waals surface area contributed by atoms with Gasteiger partial charge in [0, 0.05) is 13.1 Å². The minimum absolute atomic E-state index is 0.199. The zero-order chi connectivity index (χ0) is 19.9. The van der Waals surface area contributed by atoms with Crippen molar-refractivity contribution in [3.05, 3.63) is 64.7 Å². The van der Waals surface area contributed by atoms with Gasteiger partial charge in [0.25, 0.3) is 0 Å². The van der Waals surface area contributed by atoms with E-state index in [1.54, 1.807) is 13.0 Å². The van der Waals surface area contributed by atoms with Crippen LogP contribution in [0.25, 0.3) is 0 Å². The number of benzene rings is 2. The highest BCUT2D eigenvalue weighted by molar-refractivity contribution is 7.89. The van der Waals surface area contributed by atoms with Gasteiger partial charge in [-0.15, -0.1) is 0 Å². The van der Waals surface area contributed by atoms with Gasteiger partial charge in [0.15, 0.2) is 0 Å². The van der Waals surface area contributed by atoms with Crippen molar-refractivity contribution in [3.63, 3.8) is 0 Å². The Morgan fingerprint density at radius 3 is 2.54 bits per heavy atom. The smallest absolute Gasteiger partial charge is 0.244 e. The summed E-state index contributed by atoms with van der Waals surface area (Å²) < 4.78 is 28.6. The van der Waals surface area contributed by atoms with Crippen LogP contribution in [0.4, 0.5) is 0 Å². The average Bonchev–Trinajstić information content (AvgIpc) is 3.51. The van der Waals surface area contributed by atoms with Crippen LogP contribution in [0, 0.1) is 19.8 Å². The topological polar surface area (TPSA) is 66.5 Å². The van der Waals surface area contributed by atoms with Gasteiger partial charge < -0.3 is 5.32 Å². The minimum atomic E-state index is -3.80. The summed E-state index contributed by atoms with van der Waals surface area (Å²) in [6.45, 7) is 4.53. The van der Waals surface area contributed by atoms with Crippen LogP contribution < -0.4 is 5.32 Å². The monoisotopic (exact) mass is 398 g/mol. The van der Waals surface area contributed by atoms with Gasteiger partial charge in [0.2, 0.25) is 15.9 Å². The number of carbonyl (C=O) groups is 1. The highest BCUT2D eigenvalue weighted by Crippen LogP contribution is 2.31. The van der Waals surface area contributed by atoms with Crippen LogP contribution in [-0.2, 0) is 27.8 Å². The van der Waals surface area contributed by atoms with Crippen molar-refractivity contribution in [2.45, 2.75) is 50.6 Å². The molecule has 1 amide bonds. The van der Waals surface area contributed by atoms with Crippen molar-refractivity contribution in [2.75, 3.05) is 6.54 Å². The lowest BCUT2D eigenvalue weighted by atomic mass is 9.95. The van der Waals surface area contributed by atoms with E-state index in [1.165, 1.54) is 4.31 Å². The maximum atomic E-state index is 13.6. The Kier molecular flexibility index (Phi) is 5.02. The lowest BCUT2D eigenvalue weighted by molar-refractivity contribution is -0.125. The van der Waals surface area contributed by atoms with Crippen LogP contribution in [-0.4, -0.2) is 31.2 Å². The Morgan fingerprint density at radius 1 is 1.11 bits per heavy atom. The summed E-state index contributed by atoms with van der Waals surface area (Å²) in [4.78, 5) is 13.2. The van der Waals surface area contributed by atoms with Gasteiger partial charge in [0.1, 0.15) is 6.04 Å². The SMILES string of the molecule is Cc1ccc(C)c(S(=O)(=O)N2Cc3ccccc3C[C@H]2C(=O)NCC2CC2)c1. The number of rotatable bonds is 5. The molecule has 148 valence electrons. The molecule has 2 aromatic carbocycles. The van der Waals surface area contributed by atoms with E-state index >= 15 is 0 Å². The number of hydrogen-bond acceptors (Lipinski definition) is 3. The second-order valence-electron chi connectivity index (χ2n) is 8.00. The summed E-state index contributed by atoms with van der Waals surface area (Å²) in [6, 6.07) is 12.5. The number of fused-ring (bicyclic) bond motifs is 1. The number of nitrogens with zero attached hydrogens (tertiary/aromatic N) is 1. The molecule has 0 unspecified atom stereocenters. The van der Waals surface area contributed by atoms with Crippen molar-refractivity contribution in [3.8, 4) is 0 Å². The molecular weight excluding hydrogens is 372 g/mol. The fourth-order valence-electron chi connectivity index (χ4n) is 3.77. The molecule has 1 heterocycles. The number of sulfonamides is 1. The van der Waals surface area contributed by atoms with E-state index in [0.717, 1.165) is 29.5 Å². The third-order valence-electron chi connectivity index (χ3n) is 5.70. The van der Waals surface area contributed by atoms with Crippen LogP contribution in [0.2, 0.25) is 0 Å². The van der Waals surface area contributed by atoms with Crippen LogP contribution in [0.1, 0.15) is 35.1 Å². The van der Waals surface area contributed by atoms with Gasteiger partial charge in [-0.2, -0.15) is 4.31 Å². The molecule has 1 aliphatic carbocycles. The molecule has 1 atom stereocenters. The third kappa shape index (κ3) is 3.71. The highest BCUT2D eigenvalue weighted by atomic mass is 32.2. The summed E-state index contributed by atoms with van der Waals surface area (Å²) in [5, 5.41) is 2.98. The molecule has 28 heavy (non-hydrogen) atoms. The van der Waals surface area contributed by atoms with E-state index in [-0.39, 0.29) is 17.3 Å². The molecular formula is C22H26N2O3S. The molecule has 2 aromatic rings. The van der Waals surface area contributed by atoms with Crippen LogP contribution in [0.15, 0.2) is 47.4 Å². The van der Waals surface area contributed by atoms with Crippen molar-refractivity contribution >= 4 is 15.9 Å². The fraction of sp³-hybridized carbons (Fsp3) is 0.409. The van der Waals surface area contributed by atoms with E-state index < -0.39 is 16.1 Å². The largest absolute Gasteiger partial charge is 0.354 e. The first-order chi connectivity index (χ1) is 13.4. The Morgan fingerprint density at radius 2 is 1.82 bits per heavy atom. The first kappa shape index (κ1) is 19.2. The van der Waals surface area contributed by atoms with Gasteiger partial charge in [-0.3, -0.25) is 4.79 Å². The third-order valence-corrected chi connectivity index (χ3v) is 7.70. The quantitative estimate of drug-likeness (QED) is 0.842. The number of carbonyl (C=O) groups excluding carboxylic acids is 1. The summed E-state index contributed by atoms with van der Waals surface area (Å²) in [7, 11) is -3.80. The molecule has 0 saturated heterocycles. The fourth-order valence-corrected chi connectivity index (χ4v) is 5.65. The predicted octanol–water partition coefficient (Wildman–Crippen LogP) is 2.95. The van der Waals surface area contributed by atoms with E-state index in [4.69, 9.17) is 0 Å². The van der Waals surface area contributed by atoms with E-state index in [2.05, 4.69) is 5.32 Å². The maximum Gasteiger partial charge on any atom is 0.244 e. The average molecular weight is 399 g/mol. The predicted molar refractivity (Wildman–Crippen MR) is 108 cm³/mol. The maximum absolute atomic E-state index is 13.6. The summed E-state index contributed by atoms with van der Waals surface area (Å²) in [6.07, 6.45) is 2.67. The zero-order valence-corrected chi connectivity index (χ0v) is 17.1. The second kappa shape index (κ2) is 7.33. The molecule has 4 rings (SSSR count). The molecule has 6 heteroatoms. The Bertz CT molecular complexity index is 1010. The first-order valence-corrected chi connectivity index (χ1v) is 11.2. The van der Waals surface area contributed by atoms with Gasteiger partial charge in [-0.25, -0.2) is 8.42 Å². The Hall–Kier alpha value is -2.18. The molecule has 2 aliphatic rings. The summed E-state index contributed by atoms with van der Waals surface area (Å²) in [5.41, 5.74) is 3.59. The van der Waals surface area contributed by atoms with Crippen LogP contribution >= 0.6 is 0 Å². The number of hydrogen-bond donors (Lipinski definition) is 1. The van der Waals surface area contributed by atoms with Crippen LogP contribution in [0.3, 0.4) is 0 Å². The summed E-state index contributed by atoms with van der Waals surface area (Å²) in [5.74, 6) is 0.346. The number of amides is 1. The molecule has 1 saturated carbocycles. The zero-order valence-electron chi connectivity index (χ0n) is 16.3. The van der Waals surface area contributed by atoms with E-state index in [1.807, 2.05) is 43.3 Å². The first-order valence-electron chi connectivity index (χ1n) is 9.80. The Balaban J connectivity index is 1.72. The van der Waals surface area contributed by atoms with Gasteiger partial charge in [-0.05, 0) is 67.3 Å². The van der Waals surface area contributed by atoms with Crippen molar-refractivity contribution in [1.82, 2.24) is 9.62 Å². The second-order valence-corrected chi connectivity index (χ2v) is 9.86. The molecule has 0 radical (unpaired) electrons. The molecule has 0 aromatic heterocycles. The normalized spacial score (nSPS) is 19.9. The van der Waals surface area contributed by atoms with Crippen molar-refractivity contribution < 1.29 is 13.2 Å². The van der Waals surface area contributed by atoms with Gasteiger partial charge in [-0.1, -0.05) is 36.4 Å². The van der Waals surface area contributed by atoms with Crippen LogP contribution in [0.5, 0.6) is 0 Å². The highest BCUT2D eigenvalue weighted by Gasteiger charge is 2.40. The van der Waals surface area contributed by atoms with Gasteiger partial charge in [0.05, 0.1) is 4.90 Å². The number of aryl methyl sites for hydroxylation is 2. The van der Waals surface area contributed by atoms with Crippen molar-refractivity contribution in [1.29, 1.82) is 0 Å². The number of nitrogens with one attached hydrogen (secondary N) is 1. The van der Waals surface area contributed by atoms with E-state index in [9.17, 15) is 13.2 Å². The lowest BCUT2D eigenvalue weighted by Gasteiger charge is -2.35. The molecule has 0 spiro atoms. The summed E-state index contributed by atoms with van der Waals surface area (Å²) >= 11 is 0. The molecule has 5 nitrogen and oxygen atoms in total. The van der Waals surface area contributed by atoms with Gasteiger partial charge >= 0.3 is 0 Å². The Labute approximate surface area is 166 Å². The van der Waals surface area contributed by atoms with E-state index in [0.29, 0.717) is 24.4 Å². The standard InChI is InChI=1S/C22H26N2O3S/c1-15-7-8-16(2)21(11-15)28(26,27)24-14-19-6-4-3-5-18(19)12-20(24)22(25)23-13-17-9-10-17/h3-8,11,17,20H,9-10,12-14H2,1-2H3,(H,23,25)/t20-/m0/s1. The molecule has 1 aliphatic heterocycles. The lowest BCUT2D eigenvalue weighted by Crippen LogP contribution is -2.52.